The van der Waals surface area contributed by atoms with Crippen LogP contribution in [0.1, 0.15) is 16.1 Å². The van der Waals surface area contributed by atoms with Crippen molar-refractivity contribution in [3.05, 3.63) is 65.7 Å². The second-order valence-electron chi connectivity index (χ2n) is 5.78. The van der Waals surface area contributed by atoms with E-state index in [-0.39, 0.29) is 18.9 Å². The van der Waals surface area contributed by atoms with Crippen LogP contribution in [0.5, 0.6) is 5.75 Å². The molecule has 7 heteroatoms. The summed E-state index contributed by atoms with van der Waals surface area (Å²) in [4.78, 5) is 23.9. The van der Waals surface area contributed by atoms with E-state index in [1.54, 1.807) is 6.92 Å². The van der Waals surface area contributed by atoms with E-state index in [9.17, 15) is 14.0 Å². The second kappa shape index (κ2) is 8.35. The van der Waals surface area contributed by atoms with E-state index >= 15 is 0 Å². The summed E-state index contributed by atoms with van der Waals surface area (Å²) in [6.45, 7) is 1.74. The third-order valence-corrected chi connectivity index (χ3v) is 3.85. The van der Waals surface area contributed by atoms with Crippen LogP contribution in [0.2, 0.25) is 0 Å². The topological polar surface area (TPSA) is 77.8 Å². The highest BCUT2D eigenvalue weighted by Crippen LogP contribution is 2.26. The first kappa shape index (κ1) is 18.4. The van der Waals surface area contributed by atoms with E-state index in [2.05, 4.69) is 5.32 Å². The van der Waals surface area contributed by atoms with Gasteiger partial charge >= 0.3 is 5.97 Å². The number of fused-ring (bicyclic) bond motifs is 1. The SMILES string of the molecule is Cc1c(C(=O)OCC(=O)NCCOc2ccccc2)oc2ccc(F)cc12. The Balaban J connectivity index is 1.46. The summed E-state index contributed by atoms with van der Waals surface area (Å²) < 4.78 is 29.1. The van der Waals surface area contributed by atoms with Gasteiger partial charge in [-0.2, -0.15) is 0 Å². The zero-order chi connectivity index (χ0) is 19.2. The van der Waals surface area contributed by atoms with Gasteiger partial charge in [0.05, 0.1) is 6.54 Å². The molecular formula is C20H18FNO5. The van der Waals surface area contributed by atoms with Crippen molar-refractivity contribution >= 4 is 22.8 Å². The smallest absolute Gasteiger partial charge is 0.375 e. The number of benzene rings is 2. The number of hydrogen-bond donors (Lipinski definition) is 1. The lowest BCUT2D eigenvalue weighted by molar-refractivity contribution is -0.124. The van der Waals surface area contributed by atoms with Gasteiger partial charge in [-0.3, -0.25) is 4.79 Å². The molecule has 2 aromatic carbocycles. The molecule has 0 aliphatic rings. The maximum Gasteiger partial charge on any atom is 0.375 e. The van der Waals surface area contributed by atoms with E-state index in [0.717, 1.165) is 0 Å². The number of rotatable bonds is 7. The number of hydrogen-bond acceptors (Lipinski definition) is 5. The van der Waals surface area contributed by atoms with Crippen molar-refractivity contribution in [1.29, 1.82) is 0 Å². The fourth-order valence-electron chi connectivity index (χ4n) is 2.51. The predicted molar refractivity (Wildman–Crippen MR) is 96.1 cm³/mol. The summed E-state index contributed by atoms with van der Waals surface area (Å²) in [5.41, 5.74) is 0.842. The van der Waals surface area contributed by atoms with Gasteiger partial charge < -0.3 is 19.2 Å². The predicted octanol–water partition coefficient (Wildman–Crippen LogP) is 3.23. The molecule has 0 atom stereocenters. The summed E-state index contributed by atoms with van der Waals surface area (Å²) in [7, 11) is 0. The molecule has 0 aliphatic carbocycles. The van der Waals surface area contributed by atoms with Crippen molar-refractivity contribution in [2.45, 2.75) is 6.92 Å². The number of furan rings is 1. The minimum absolute atomic E-state index is 0.0455. The number of nitrogens with one attached hydrogen (secondary N) is 1. The Labute approximate surface area is 154 Å². The summed E-state index contributed by atoms with van der Waals surface area (Å²) in [6.07, 6.45) is 0. The van der Waals surface area contributed by atoms with Crippen molar-refractivity contribution in [2.24, 2.45) is 0 Å². The van der Waals surface area contributed by atoms with Gasteiger partial charge in [-0.25, -0.2) is 9.18 Å². The third-order valence-electron chi connectivity index (χ3n) is 3.85. The normalized spacial score (nSPS) is 10.6. The van der Waals surface area contributed by atoms with Crippen LogP contribution in [0.4, 0.5) is 4.39 Å². The quantitative estimate of drug-likeness (QED) is 0.510. The maximum absolute atomic E-state index is 13.3. The average Bonchev–Trinajstić information content (AvgIpc) is 3.00. The van der Waals surface area contributed by atoms with E-state index < -0.39 is 24.3 Å². The zero-order valence-electron chi connectivity index (χ0n) is 14.7. The molecule has 0 spiro atoms. The number of esters is 1. The molecular weight excluding hydrogens is 353 g/mol. The van der Waals surface area contributed by atoms with E-state index in [1.807, 2.05) is 30.3 Å². The van der Waals surface area contributed by atoms with Crippen molar-refractivity contribution in [3.8, 4) is 5.75 Å². The first-order chi connectivity index (χ1) is 13.0. The van der Waals surface area contributed by atoms with Crippen molar-refractivity contribution in [3.63, 3.8) is 0 Å². The molecule has 140 valence electrons. The fraction of sp³-hybridized carbons (Fsp3) is 0.200. The molecule has 0 radical (unpaired) electrons. The molecule has 0 unspecified atom stereocenters. The number of amides is 1. The number of carbonyl (C=O) groups excluding carboxylic acids is 2. The molecule has 0 aliphatic heterocycles. The molecule has 0 saturated heterocycles. The number of aryl methyl sites for hydroxylation is 1. The van der Waals surface area contributed by atoms with Gasteiger partial charge in [-0.1, -0.05) is 18.2 Å². The van der Waals surface area contributed by atoms with Gasteiger partial charge in [-0.05, 0) is 37.3 Å². The van der Waals surface area contributed by atoms with E-state index in [1.165, 1.54) is 18.2 Å². The van der Waals surface area contributed by atoms with Crippen LogP contribution in [-0.4, -0.2) is 31.6 Å². The van der Waals surface area contributed by atoms with Crippen LogP contribution in [0.25, 0.3) is 11.0 Å². The van der Waals surface area contributed by atoms with Crippen molar-refractivity contribution in [2.75, 3.05) is 19.8 Å². The highest BCUT2D eigenvalue weighted by atomic mass is 19.1. The number of carbonyl (C=O) groups is 2. The van der Waals surface area contributed by atoms with Crippen molar-refractivity contribution in [1.82, 2.24) is 5.32 Å². The zero-order valence-corrected chi connectivity index (χ0v) is 14.7. The van der Waals surface area contributed by atoms with E-state index in [4.69, 9.17) is 13.9 Å². The molecule has 3 aromatic rings. The molecule has 6 nitrogen and oxygen atoms in total. The largest absolute Gasteiger partial charge is 0.492 e. The van der Waals surface area contributed by atoms with Gasteiger partial charge in [0.2, 0.25) is 5.76 Å². The van der Waals surface area contributed by atoms with Crippen LogP contribution in [0, 0.1) is 12.7 Å². The Morgan fingerprint density at radius 1 is 1.15 bits per heavy atom. The van der Waals surface area contributed by atoms with Gasteiger partial charge in [-0.15, -0.1) is 0 Å². The third kappa shape index (κ3) is 4.63. The summed E-state index contributed by atoms with van der Waals surface area (Å²) >= 11 is 0. The van der Waals surface area contributed by atoms with Gasteiger partial charge in [0.25, 0.3) is 5.91 Å². The van der Waals surface area contributed by atoms with Crippen LogP contribution in [-0.2, 0) is 9.53 Å². The van der Waals surface area contributed by atoms with Gasteiger partial charge in [0.1, 0.15) is 23.8 Å². The lowest BCUT2D eigenvalue weighted by Gasteiger charge is -2.08. The van der Waals surface area contributed by atoms with Crippen LogP contribution in [0.3, 0.4) is 0 Å². The van der Waals surface area contributed by atoms with Crippen LogP contribution < -0.4 is 10.1 Å². The minimum Gasteiger partial charge on any atom is -0.492 e. The molecule has 1 amide bonds. The molecule has 3 rings (SSSR count). The Morgan fingerprint density at radius 2 is 1.93 bits per heavy atom. The summed E-state index contributed by atoms with van der Waals surface area (Å²) in [5.74, 6) is -1.01. The number of halogens is 1. The Bertz CT molecular complexity index is 952. The average molecular weight is 371 g/mol. The molecule has 1 heterocycles. The second-order valence-corrected chi connectivity index (χ2v) is 5.78. The van der Waals surface area contributed by atoms with Crippen molar-refractivity contribution < 1.29 is 27.9 Å². The highest BCUT2D eigenvalue weighted by molar-refractivity contribution is 5.96. The standard InChI is InChI=1S/C20H18FNO5/c1-13-16-11-14(21)7-8-17(16)27-19(13)20(24)26-12-18(23)22-9-10-25-15-5-3-2-4-6-15/h2-8,11H,9-10,12H2,1H3,(H,22,23). The summed E-state index contributed by atoms with van der Waals surface area (Å²) in [6, 6.07) is 13.2. The first-order valence-electron chi connectivity index (χ1n) is 8.35. The molecule has 1 aromatic heterocycles. The fourth-order valence-corrected chi connectivity index (χ4v) is 2.51. The molecule has 0 fully saturated rings. The first-order valence-corrected chi connectivity index (χ1v) is 8.35. The Kier molecular flexibility index (Phi) is 5.71. The lowest BCUT2D eigenvalue weighted by Crippen LogP contribution is -2.32. The van der Waals surface area contributed by atoms with Crippen LogP contribution in [0.15, 0.2) is 52.9 Å². The monoisotopic (exact) mass is 371 g/mol. The molecule has 27 heavy (non-hydrogen) atoms. The van der Waals surface area contributed by atoms with Gasteiger partial charge in [0.15, 0.2) is 6.61 Å². The maximum atomic E-state index is 13.3. The summed E-state index contributed by atoms with van der Waals surface area (Å²) in [5, 5.41) is 3.08. The lowest BCUT2D eigenvalue weighted by atomic mass is 10.1. The Morgan fingerprint density at radius 3 is 2.70 bits per heavy atom. The minimum atomic E-state index is -0.778. The highest BCUT2D eigenvalue weighted by Gasteiger charge is 2.20. The molecule has 0 bridgehead atoms. The Hall–Kier alpha value is -3.35. The van der Waals surface area contributed by atoms with E-state index in [0.29, 0.717) is 22.3 Å². The van der Waals surface area contributed by atoms with Crippen LogP contribution >= 0.6 is 0 Å². The molecule has 0 saturated carbocycles. The number of para-hydroxylation sites is 1. The molecule has 1 N–H and O–H groups in total. The number of ether oxygens (including phenoxy) is 2. The van der Waals surface area contributed by atoms with Gasteiger partial charge in [0, 0.05) is 10.9 Å².